The van der Waals surface area contributed by atoms with Crippen LogP contribution < -0.4 is 10.3 Å². The van der Waals surface area contributed by atoms with E-state index in [9.17, 15) is 4.79 Å². The molecule has 0 amide bonds. The fraction of sp³-hybridized carbons (Fsp3) is 0.375. The number of unbranched alkanes of at least 4 members (excludes halogenated alkanes) is 1. The fourth-order valence-electron chi connectivity index (χ4n) is 1.82. The Kier molecular flexibility index (Phi) is 6.34. The first-order valence-corrected chi connectivity index (χ1v) is 8.65. The molecule has 0 aliphatic heterocycles. The minimum absolute atomic E-state index is 0.268. The van der Waals surface area contributed by atoms with E-state index in [-0.39, 0.29) is 5.56 Å². The predicted octanol–water partition coefficient (Wildman–Crippen LogP) is 2.73. The molecule has 122 valence electrons. The van der Waals surface area contributed by atoms with E-state index in [0.717, 1.165) is 24.2 Å². The average molecular weight is 332 g/mol. The molecule has 0 fully saturated rings. The lowest BCUT2D eigenvalue weighted by atomic mass is 10.2. The van der Waals surface area contributed by atoms with Crippen molar-refractivity contribution in [1.82, 2.24) is 14.9 Å². The highest BCUT2D eigenvalue weighted by molar-refractivity contribution is 7.98. The molecule has 0 aliphatic carbocycles. The van der Waals surface area contributed by atoms with Crippen LogP contribution in [-0.2, 0) is 0 Å². The number of nitrogens with zero attached hydrogens (tertiary/aromatic N) is 4. The zero-order valence-corrected chi connectivity index (χ0v) is 14.3. The van der Waals surface area contributed by atoms with E-state index in [2.05, 4.69) is 22.2 Å². The van der Waals surface area contributed by atoms with Gasteiger partial charge in [0.15, 0.2) is 0 Å². The highest BCUT2D eigenvalue weighted by atomic mass is 32.2. The zero-order valence-electron chi connectivity index (χ0n) is 13.5. The molecular formula is C16H20N4O2S. The van der Waals surface area contributed by atoms with Crippen LogP contribution >= 0.6 is 11.8 Å². The zero-order chi connectivity index (χ0) is 16.7. The predicted molar refractivity (Wildman–Crippen MR) is 92.6 cm³/mol. The molecule has 0 atom stereocenters. The Hall–Kier alpha value is -2.15. The Labute approximate surface area is 139 Å². The van der Waals surface area contributed by atoms with Crippen molar-refractivity contribution in [2.24, 2.45) is 5.10 Å². The van der Waals surface area contributed by atoms with Crippen molar-refractivity contribution in [3.63, 3.8) is 0 Å². The monoisotopic (exact) mass is 332 g/mol. The van der Waals surface area contributed by atoms with Crippen LogP contribution in [-0.4, -0.2) is 34.0 Å². The van der Waals surface area contributed by atoms with E-state index >= 15 is 0 Å². The summed E-state index contributed by atoms with van der Waals surface area (Å²) in [6.07, 6.45) is 5.56. The number of rotatable bonds is 7. The van der Waals surface area contributed by atoms with Gasteiger partial charge in [-0.1, -0.05) is 37.2 Å². The summed E-state index contributed by atoms with van der Waals surface area (Å²) in [7, 11) is 0. The number of hydrogen-bond acceptors (Lipinski definition) is 6. The molecule has 1 heterocycles. The third-order valence-corrected chi connectivity index (χ3v) is 3.72. The lowest BCUT2D eigenvalue weighted by Crippen LogP contribution is -2.23. The van der Waals surface area contributed by atoms with Gasteiger partial charge in [0.05, 0.1) is 12.8 Å². The first-order chi connectivity index (χ1) is 11.2. The maximum absolute atomic E-state index is 12.1. The topological polar surface area (TPSA) is 69.4 Å². The molecule has 0 aliphatic rings. The molecule has 0 unspecified atom stereocenters. The normalized spacial score (nSPS) is 11.1. The maximum atomic E-state index is 12.1. The highest BCUT2D eigenvalue weighted by Crippen LogP contribution is 2.13. The molecule has 6 nitrogen and oxygen atoms in total. The van der Waals surface area contributed by atoms with E-state index in [1.165, 1.54) is 16.4 Å². The van der Waals surface area contributed by atoms with Crippen LogP contribution in [0.2, 0.25) is 0 Å². The van der Waals surface area contributed by atoms with Gasteiger partial charge in [0.2, 0.25) is 5.16 Å². The summed E-state index contributed by atoms with van der Waals surface area (Å²) < 4.78 is 6.93. The molecule has 2 rings (SSSR count). The van der Waals surface area contributed by atoms with Crippen molar-refractivity contribution in [1.29, 1.82) is 0 Å². The van der Waals surface area contributed by atoms with E-state index in [4.69, 9.17) is 4.74 Å². The van der Waals surface area contributed by atoms with Gasteiger partial charge >= 0.3 is 0 Å². The van der Waals surface area contributed by atoms with Gasteiger partial charge in [-0.2, -0.15) is 9.78 Å². The van der Waals surface area contributed by atoms with Gasteiger partial charge in [-0.15, -0.1) is 10.2 Å². The van der Waals surface area contributed by atoms with Crippen LogP contribution in [0.3, 0.4) is 0 Å². The lowest BCUT2D eigenvalue weighted by molar-refractivity contribution is 0.309. The Morgan fingerprint density at radius 3 is 2.96 bits per heavy atom. The molecule has 23 heavy (non-hydrogen) atoms. The van der Waals surface area contributed by atoms with Gasteiger partial charge < -0.3 is 4.74 Å². The lowest BCUT2D eigenvalue weighted by Gasteiger charge is -2.06. The molecule has 0 bridgehead atoms. The summed E-state index contributed by atoms with van der Waals surface area (Å²) in [5.74, 6) is 0.795. The Balaban J connectivity index is 2.22. The average Bonchev–Trinajstić information content (AvgIpc) is 2.57. The molecule has 0 radical (unpaired) electrons. The molecule has 1 aromatic carbocycles. The fourth-order valence-corrected chi connectivity index (χ4v) is 2.24. The van der Waals surface area contributed by atoms with Crippen LogP contribution in [0.1, 0.15) is 31.0 Å². The number of ether oxygens (including phenoxy) is 1. The minimum Gasteiger partial charge on any atom is -0.494 e. The van der Waals surface area contributed by atoms with E-state index in [0.29, 0.717) is 17.5 Å². The number of thioether (sulfide) groups is 1. The largest absolute Gasteiger partial charge is 0.494 e. The smallest absolute Gasteiger partial charge is 0.296 e. The van der Waals surface area contributed by atoms with E-state index < -0.39 is 0 Å². The quantitative estimate of drug-likeness (QED) is 0.443. The van der Waals surface area contributed by atoms with Gasteiger partial charge in [0.1, 0.15) is 11.4 Å². The second kappa shape index (κ2) is 8.47. The van der Waals surface area contributed by atoms with Crippen LogP contribution in [0.4, 0.5) is 0 Å². The third kappa shape index (κ3) is 4.66. The Bertz CT molecular complexity index is 743. The Morgan fingerprint density at radius 1 is 1.39 bits per heavy atom. The van der Waals surface area contributed by atoms with Crippen molar-refractivity contribution in [3.8, 4) is 5.75 Å². The first kappa shape index (κ1) is 17.2. The van der Waals surface area contributed by atoms with Crippen LogP contribution in [0.5, 0.6) is 5.75 Å². The van der Waals surface area contributed by atoms with E-state index in [1.54, 1.807) is 13.1 Å². The SMILES string of the molecule is CCCCOc1cccc(/C=N\n2c(SC)nnc(C)c2=O)c1. The second-order valence-corrected chi connectivity index (χ2v) is 5.68. The number of benzene rings is 1. The van der Waals surface area contributed by atoms with Gasteiger partial charge in [0.25, 0.3) is 5.56 Å². The summed E-state index contributed by atoms with van der Waals surface area (Å²) >= 11 is 1.32. The van der Waals surface area contributed by atoms with Gasteiger partial charge in [-0.25, -0.2) is 0 Å². The molecule has 0 N–H and O–H groups in total. The highest BCUT2D eigenvalue weighted by Gasteiger charge is 2.07. The summed E-state index contributed by atoms with van der Waals surface area (Å²) in [6.45, 7) is 4.44. The molecule has 2 aromatic rings. The number of aromatic nitrogens is 3. The molecule has 7 heteroatoms. The molecule has 0 saturated heterocycles. The second-order valence-electron chi connectivity index (χ2n) is 4.91. The molecular weight excluding hydrogens is 312 g/mol. The maximum Gasteiger partial charge on any atom is 0.296 e. The van der Waals surface area contributed by atoms with Crippen molar-refractivity contribution < 1.29 is 4.74 Å². The number of aryl methyl sites for hydroxylation is 1. The van der Waals surface area contributed by atoms with Crippen LogP contribution in [0.15, 0.2) is 39.3 Å². The van der Waals surface area contributed by atoms with Crippen molar-refractivity contribution in [2.75, 3.05) is 12.9 Å². The van der Waals surface area contributed by atoms with Gasteiger partial charge in [0, 0.05) is 0 Å². The summed E-state index contributed by atoms with van der Waals surface area (Å²) in [5, 5.41) is 12.5. The first-order valence-electron chi connectivity index (χ1n) is 7.43. The molecule has 0 spiro atoms. The van der Waals surface area contributed by atoms with Crippen molar-refractivity contribution in [2.45, 2.75) is 31.8 Å². The summed E-state index contributed by atoms with van der Waals surface area (Å²) in [4.78, 5) is 12.1. The van der Waals surface area contributed by atoms with E-state index in [1.807, 2.05) is 30.5 Å². The van der Waals surface area contributed by atoms with Gasteiger partial charge in [-0.05, 0) is 37.3 Å². The molecule has 1 aromatic heterocycles. The third-order valence-electron chi connectivity index (χ3n) is 3.10. The van der Waals surface area contributed by atoms with Crippen molar-refractivity contribution in [3.05, 3.63) is 45.9 Å². The van der Waals surface area contributed by atoms with Crippen LogP contribution in [0.25, 0.3) is 0 Å². The summed E-state index contributed by atoms with van der Waals surface area (Å²) in [5.41, 5.74) is 0.903. The number of hydrogen-bond donors (Lipinski definition) is 0. The molecule has 0 saturated carbocycles. The summed E-state index contributed by atoms with van der Waals surface area (Å²) in [6, 6.07) is 7.60. The van der Waals surface area contributed by atoms with Crippen molar-refractivity contribution >= 4 is 18.0 Å². The Morgan fingerprint density at radius 2 is 2.22 bits per heavy atom. The standard InChI is InChI=1S/C16H20N4O2S/c1-4-5-9-22-14-8-6-7-13(10-14)11-17-20-15(21)12(2)18-19-16(20)23-3/h6-8,10-11H,4-5,9H2,1-3H3/b17-11-. The van der Waals surface area contributed by atoms with Crippen LogP contribution in [0, 0.1) is 6.92 Å². The minimum atomic E-state index is -0.268. The van der Waals surface area contributed by atoms with Gasteiger partial charge in [-0.3, -0.25) is 4.79 Å².